The summed E-state index contributed by atoms with van der Waals surface area (Å²) in [5.74, 6) is 0. The number of hydrogen-bond acceptors (Lipinski definition) is 0. The monoisotopic (exact) mass is 203 g/mol. The van der Waals surface area contributed by atoms with Crippen LogP contribution >= 0.6 is 0 Å². The summed E-state index contributed by atoms with van der Waals surface area (Å²) >= 11 is 0. The summed E-state index contributed by atoms with van der Waals surface area (Å²) in [5.41, 5.74) is 0. The van der Waals surface area contributed by atoms with Gasteiger partial charge in [0.2, 0.25) is 0 Å². The van der Waals surface area contributed by atoms with E-state index in [-0.39, 0.29) is 26.2 Å². The second kappa shape index (κ2) is 11.7. The second-order valence-corrected chi connectivity index (χ2v) is 2.27. The summed E-state index contributed by atoms with van der Waals surface area (Å²) in [4.78, 5) is 0. The van der Waals surface area contributed by atoms with Gasteiger partial charge in [0, 0.05) is 26.2 Å². The first-order valence-electron chi connectivity index (χ1n) is 3.71. The van der Waals surface area contributed by atoms with E-state index in [1.54, 1.807) is 0 Å². The van der Waals surface area contributed by atoms with E-state index in [1.807, 2.05) is 0 Å². The van der Waals surface area contributed by atoms with Crippen molar-refractivity contribution in [1.82, 2.24) is 0 Å². The molecule has 54 valence electrons. The molecule has 0 unspecified atom stereocenters. The smallest absolute Gasteiger partial charge is 0 e. The molecule has 0 atom stereocenters. The van der Waals surface area contributed by atoms with Crippen LogP contribution in [0.3, 0.4) is 0 Å². The van der Waals surface area contributed by atoms with Gasteiger partial charge in [0.15, 0.2) is 0 Å². The molecule has 0 nitrogen and oxygen atoms in total. The molecule has 0 aromatic rings. The maximum Gasteiger partial charge on any atom is 0 e. The molecule has 0 aliphatic rings. The SMILES string of the molecule is [CH2-]CCCCCCC.[Zr]. The van der Waals surface area contributed by atoms with Crippen LogP contribution in [0.15, 0.2) is 0 Å². The minimum atomic E-state index is 0. The fourth-order valence-electron chi connectivity index (χ4n) is 0.780. The quantitative estimate of drug-likeness (QED) is 0.477. The van der Waals surface area contributed by atoms with Crippen LogP contribution in [0.5, 0.6) is 0 Å². The summed E-state index contributed by atoms with van der Waals surface area (Å²) in [6.07, 6.45) is 7.98. The van der Waals surface area contributed by atoms with Crippen LogP contribution in [0, 0.1) is 6.92 Å². The molecule has 0 radical (unpaired) electrons. The zero-order valence-corrected chi connectivity index (χ0v) is 8.91. The summed E-state index contributed by atoms with van der Waals surface area (Å²) < 4.78 is 0. The van der Waals surface area contributed by atoms with E-state index in [9.17, 15) is 0 Å². The Hall–Kier alpha value is 0.883. The summed E-state index contributed by atoms with van der Waals surface area (Å²) in [7, 11) is 0. The summed E-state index contributed by atoms with van der Waals surface area (Å²) in [5, 5.41) is 0. The van der Waals surface area contributed by atoms with Crippen LogP contribution < -0.4 is 0 Å². The fourth-order valence-corrected chi connectivity index (χ4v) is 0.780. The Morgan fingerprint density at radius 3 is 2.00 bits per heavy atom. The summed E-state index contributed by atoms with van der Waals surface area (Å²) in [6.45, 7) is 6.02. The molecule has 0 rings (SSSR count). The van der Waals surface area contributed by atoms with Crippen LogP contribution in [0.1, 0.15) is 45.4 Å². The predicted octanol–water partition coefficient (Wildman–Crippen LogP) is 3.18. The average Bonchev–Trinajstić information content (AvgIpc) is 1.81. The molecule has 0 saturated carbocycles. The number of unbranched alkanes of at least 4 members (excludes halogenated alkanes) is 5. The van der Waals surface area contributed by atoms with E-state index in [1.165, 1.54) is 32.1 Å². The van der Waals surface area contributed by atoms with Crippen molar-refractivity contribution in [3.63, 3.8) is 0 Å². The van der Waals surface area contributed by atoms with Crippen molar-refractivity contribution in [2.75, 3.05) is 0 Å². The van der Waals surface area contributed by atoms with Gasteiger partial charge in [0.05, 0.1) is 0 Å². The van der Waals surface area contributed by atoms with Gasteiger partial charge >= 0.3 is 0 Å². The Morgan fingerprint density at radius 1 is 1.00 bits per heavy atom. The Morgan fingerprint density at radius 2 is 1.56 bits per heavy atom. The Bertz CT molecular complexity index is 29.5. The molecule has 9 heavy (non-hydrogen) atoms. The third-order valence-electron chi connectivity index (χ3n) is 1.35. The fraction of sp³-hybridized carbons (Fsp3) is 0.875. The van der Waals surface area contributed by atoms with E-state index in [0.29, 0.717) is 0 Å². The van der Waals surface area contributed by atoms with Gasteiger partial charge in [-0.15, -0.1) is 0 Å². The van der Waals surface area contributed by atoms with Crippen molar-refractivity contribution >= 4 is 0 Å². The van der Waals surface area contributed by atoms with E-state index >= 15 is 0 Å². The van der Waals surface area contributed by atoms with Crippen molar-refractivity contribution in [3.8, 4) is 0 Å². The Kier molecular flexibility index (Phi) is 16.2. The maximum absolute atomic E-state index is 3.78. The molecule has 0 aliphatic heterocycles. The van der Waals surface area contributed by atoms with Crippen molar-refractivity contribution in [2.24, 2.45) is 0 Å². The van der Waals surface area contributed by atoms with Crippen molar-refractivity contribution in [3.05, 3.63) is 6.92 Å². The largest absolute Gasteiger partial charge is 0.343 e. The van der Waals surface area contributed by atoms with Crippen LogP contribution in [-0.2, 0) is 26.2 Å². The molecule has 0 heterocycles. The van der Waals surface area contributed by atoms with Gasteiger partial charge in [0.1, 0.15) is 0 Å². The molecule has 0 aromatic carbocycles. The van der Waals surface area contributed by atoms with E-state index in [0.717, 1.165) is 6.42 Å². The van der Waals surface area contributed by atoms with E-state index < -0.39 is 0 Å². The van der Waals surface area contributed by atoms with Crippen LogP contribution in [0.4, 0.5) is 0 Å². The van der Waals surface area contributed by atoms with Crippen LogP contribution in [-0.4, -0.2) is 0 Å². The molecule has 0 aliphatic carbocycles. The van der Waals surface area contributed by atoms with Crippen molar-refractivity contribution in [1.29, 1.82) is 0 Å². The topological polar surface area (TPSA) is 0 Å². The zero-order chi connectivity index (χ0) is 6.24. The van der Waals surface area contributed by atoms with Crippen LogP contribution in [0.25, 0.3) is 0 Å². The molecule has 1 heteroatoms. The van der Waals surface area contributed by atoms with E-state index in [2.05, 4.69) is 13.8 Å². The third-order valence-corrected chi connectivity index (χ3v) is 1.35. The van der Waals surface area contributed by atoms with Crippen molar-refractivity contribution < 1.29 is 26.2 Å². The first kappa shape index (κ1) is 12.5. The predicted molar refractivity (Wildman–Crippen MR) is 38.7 cm³/mol. The van der Waals surface area contributed by atoms with Crippen molar-refractivity contribution in [2.45, 2.75) is 45.4 Å². The van der Waals surface area contributed by atoms with Gasteiger partial charge in [0.25, 0.3) is 0 Å². The first-order chi connectivity index (χ1) is 3.91. The second-order valence-electron chi connectivity index (χ2n) is 2.27. The molecule has 0 aromatic heterocycles. The normalized spacial score (nSPS) is 8.67. The number of hydrogen-bond donors (Lipinski definition) is 0. The molecule has 0 bridgehead atoms. The molecule has 0 N–H and O–H groups in total. The molecule has 0 amide bonds. The van der Waals surface area contributed by atoms with Gasteiger partial charge < -0.3 is 6.92 Å². The minimum absolute atomic E-state index is 0. The van der Waals surface area contributed by atoms with Gasteiger partial charge in [-0.2, -0.15) is 6.42 Å². The van der Waals surface area contributed by atoms with E-state index in [4.69, 9.17) is 0 Å². The van der Waals surface area contributed by atoms with Gasteiger partial charge in [-0.25, -0.2) is 0 Å². The molecule has 0 spiro atoms. The first-order valence-corrected chi connectivity index (χ1v) is 3.71. The molecule has 0 saturated heterocycles. The number of rotatable bonds is 5. The minimum Gasteiger partial charge on any atom is -0.343 e. The third kappa shape index (κ3) is 12.2. The van der Waals surface area contributed by atoms with Gasteiger partial charge in [-0.3, -0.25) is 0 Å². The van der Waals surface area contributed by atoms with Crippen LogP contribution in [0.2, 0.25) is 0 Å². The maximum atomic E-state index is 3.78. The molecular weight excluding hydrogens is 187 g/mol. The standard InChI is InChI=1S/C8H17.Zr/c1-3-5-7-8-6-4-2;/h1,3-8H2,2H3;/q-1;. The Balaban J connectivity index is 0. The Labute approximate surface area is 78.5 Å². The molecular formula is C8H17Zr-. The molecule has 0 fully saturated rings. The summed E-state index contributed by atoms with van der Waals surface area (Å²) in [6, 6.07) is 0. The zero-order valence-electron chi connectivity index (χ0n) is 6.45. The van der Waals surface area contributed by atoms with Gasteiger partial charge in [-0.05, 0) is 0 Å². The average molecular weight is 204 g/mol. The van der Waals surface area contributed by atoms with Gasteiger partial charge in [-0.1, -0.05) is 39.0 Å².